The molecule has 1 atom stereocenters. The highest BCUT2D eigenvalue weighted by atomic mass is 28.3. The molecule has 0 amide bonds. The van der Waals surface area contributed by atoms with E-state index in [-0.39, 0.29) is 6.10 Å². The van der Waals surface area contributed by atoms with Crippen LogP contribution in [0.5, 0.6) is 0 Å². The van der Waals surface area contributed by atoms with E-state index in [1.807, 2.05) is 24.1 Å². The molecule has 0 aromatic carbocycles. The van der Waals surface area contributed by atoms with Crippen LogP contribution in [0, 0.1) is 0 Å². The second-order valence-corrected chi connectivity index (χ2v) is 11.1. The van der Waals surface area contributed by atoms with Gasteiger partial charge in [0.15, 0.2) is 0 Å². The van der Waals surface area contributed by atoms with Crippen molar-refractivity contribution in [2.24, 2.45) is 4.99 Å². The molecule has 18 heavy (non-hydrogen) atoms. The normalized spacial score (nSPS) is 14.6. The molecule has 1 unspecified atom stereocenters. The van der Waals surface area contributed by atoms with Gasteiger partial charge in [0.25, 0.3) is 0 Å². The molecule has 106 valence electrons. The van der Waals surface area contributed by atoms with Crippen molar-refractivity contribution in [2.45, 2.75) is 38.7 Å². The van der Waals surface area contributed by atoms with Crippen LogP contribution in [0.2, 0.25) is 25.7 Å². The van der Waals surface area contributed by atoms with Crippen LogP contribution in [0.25, 0.3) is 0 Å². The minimum Gasteiger partial charge on any atom is -0.378 e. The first-order chi connectivity index (χ1) is 8.39. The molecule has 4 nitrogen and oxygen atoms in total. The van der Waals surface area contributed by atoms with Gasteiger partial charge in [-0.05, 0) is 19.0 Å². The third kappa shape index (κ3) is 10.5. The fourth-order valence-corrected chi connectivity index (χ4v) is 1.88. The Hall–Kier alpha value is -0.653. The number of ether oxygens (including phenoxy) is 2. The maximum atomic E-state index is 5.67. The Bertz CT molecular complexity index is 262. The van der Waals surface area contributed by atoms with Gasteiger partial charge in [-0.15, -0.1) is 0 Å². The molecule has 0 radical (unpaired) electrons. The van der Waals surface area contributed by atoms with Gasteiger partial charge >= 0.3 is 0 Å². The number of hydrogen-bond acceptors (Lipinski definition) is 3. The van der Waals surface area contributed by atoms with Crippen molar-refractivity contribution < 1.29 is 9.47 Å². The number of hydrogen-bond donors (Lipinski definition) is 0. The predicted octanol–water partition coefficient (Wildman–Crippen LogP) is 2.81. The minimum atomic E-state index is -1.01. The van der Waals surface area contributed by atoms with Gasteiger partial charge in [0, 0.05) is 35.0 Å². The van der Waals surface area contributed by atoms with E-state index in [9.17, 15) is 0 Å². The molecule has 0 saturated carbocycles. The molecule has 5 heteroatoms. The highest BCUT2D eigenvalue weighted by molar-refractivity contribution is 6.76. The highest BCUT2D eigenvalue weighted by Crippen LogP contribution is 2.07. The average Bonchev–Trinajstić information content (AvgIpc) is 2.29. The van der Waals surface area contributed by atoms with Gasteiger partial charge in [-0.25, -0.2) is 0 Å². The lowest BCUT2D eigenvalue weighted by atomic mass is 10.4. The average molecular weight is 272 g/mol. The number of aliphatic imine (C=N–C) groups is 1. The Morgan fingerprint density at radius 2 is 2.00 bits per heavy atom. The van der Waals surface area contributed by atoms with Crippen LogP contribution >= 0.6 is 0 Å². The van der Waals surface area contributed by atoms with Crippen LogP contribution in [-0.2, 0) is 9.47 Å². The zero-order valence-corrected chi connectivity index (χ0v) is 13.6. The molecule has 0 spiro atoms. The van der Waals surface area contributed by atoms with Crippen LogP contribution in [-0.4, -0.2) is 52.9 Å². The van der Waals surface area contributed by atoms with Crippen molar-refractivity contribution in [2.75, 3.05) is 27.5 Å². The van der Waals surface area contributed by atoms with Gasteiger partial charge < -0.3 is 14.4 Å². The molecule has 0 bridgehead atoms. The quantitative estimate of drug-likeness (QED) is 0.213. The summed E-state index contributed by atoms with van der Waals surface area (Å²) >= 11 is 0. The molecular formula is C13H28N2O2Si. The van der Waals surface area contributed by atoms with E-state index in [1.165, 1.54) is 6.04 Å². The van der Waals surface area contributed by atoms with Crippen molar-refractivity contribution in [3.8, 4) is 0 Å². The first-order valence-corrected chi connectivity index (χ1v) is 10.1. The van der Waals surface area contributed by atoms with Crippen LogP contribution in [0.15, 0.2) is 17.3 Å². The fraction of sp³-hybridized carbons (Fsp3) is 0.769. The van der Waals surface area contributed by atoms with Crippen LogP contribution in [0.4, 0.5) is 0 Å². The van der Waals surface area contributed by atoms with Crippen molar-refractivity contribution in [3.63, 3.8) is 0 Å². The summed E-state index contributed by atoms with van der Waals surface area (Å²) in [4.78, 5) is 5.92. The summed E-state index contributed by atoms with van der Waals surface area (Å²) in [6.07, 6.45) is 5.77. The predicted molar refractivity (Wildman–Crippen MR) is 80.8 cm³/mol. The Labute approximate surface area is 113 Å². The van der Waals surface area contributed by atoms with Crippen molar-refractivity contribution in [1.29, 1.82) is 0 Å². The molecule has 0 aliphatic rings. The lowest BCUT2D eigenvalue weighted by Gasteiger charge is -2.18. The molecule has 0 aromatic heterocycles. The van der Waals surface area contributed by atoms with Gasteiger partial charge in [0.05, 0.1) is 12.4 Å². The Morgan fingerprint density at radius 3 is 2.50 bits per heavy atom. The van der Waals surface area contributed by atoms with E-state index in [2.05, 4.69) is 24.6 Å². The first kappa shape index (κ1) is 17.3. The van der Waals surface area contributed by atoms with Crippen molar-refractivity contribution in [3.05, 3.63) is 12.3 Å². The van der Waals surface area contributed by atoms with Gasteiger partial charge in [-0.3, -0.25) is 4.99 Å². The van der Waals surface area contributed by atoms with Crippen LogP contribution in [0.1, 0.15) is 6.92 Å². The Kier molecular flexibility index (Phi) is 8.96. The summed E-state index contributed by atoms with van der Waals surface area (Å²) in [6.45, 7) is 10.4. The third-order valence-corrected chi connectivity index (χ3v) is 4.13. The number of methoxy groups -OCH3 is 1. The van der Waals surface area contributed by atoms with E-state index in [4.69, 9.17) is 9.47 Å². The van der Waals surface area contributed by atoms with E-state index in [0.29, 0.717) is 6.73 Å². The summed E-state index contributed by atoms with van der Waals surface area (Å²) in [5, 5.41) is 0. The van der Waals surface area contributed by atoms with Crippen molar-refractivity contribution >= 4 is 14.4 Å². The second-order valence-electron chi connectivity index (χ2n) is 5.52. The molecule has 0 rings (SSSR count). The SMILES string of the molecule is CN=CN(/C=C/C(C)OC)COCC[Si](C)(C)C. The summed E-state index contributed by atoms with van der Waals surface area (Å²) in [5.74, 6) is 0. The summed E-state index contributed by atoms with van der Waals surface area (Å²) in [7, 11) is 2.44. The number of rotatable bonds is 9. The Morgan fingerprint density at radius 1 is 1.33 bits per heavy atom. The number of nitrogens with zero attached hydrogens (tertiary/aromatic N) is 2. The smallest absolute Gasteiger partial charge is 0.123 e. The lowest BCUT2D eigenvalue weighted by Crippen LogP contribution is -2.25. The monoisotopic (exact) mass is 272 g/mol. The zero-order valence-electron chi connectivity index (χ0n) is 12.6. The first-order valence-electron chi connectivity index (χ1n) is 6.36. The highest BCUT2D eigenvalue weighted by Gasteiger charge is 2.12. The zero-order chi connectivity index (χ0) is 14.0. The van der Waals surface area contributed by atoms with Crippen LogP contribution < -0.4 is 0 Å². The molecular weight excluding hydrogens is 244 g/mol. The van der Waals surface area contributed by atoms with Gasteiger partial charge in [-0.2, -0.15) is 0 Å². The van der Waals surface area contributed by atoms with E-state index >= 15 is 0 Å². The summed E-state index contributed by atoms with van der Waals surface area (Å²) < 4.78 is 10.8. The van der Waals surface area contributed by atoms with E-state index < -0.39 is 8.07 Å². The summed E-state index contributed by atoms with van der Waals surface area (Å²) in [6, 6.07) is 1.18. The van der Waals surface area contributed by atoms with Crippen LogP contribution in [0.3, 0.4) is 0 Å². The molecule has 0 aliphatic heterocycles. The molecule has 0 fully saturated rings. The topological polar surface area (TPSA) is 34.1 Å². The van der Waals surface area contributed by atoms with Gasteiger partial charge in [0.1, 0.15) is 6.73 Å². The molecule has 0 heterocycles. The largest absolute Gasteiger partial charge is 0.378 e. The maximum Gasteiger partial charge on any atom is 0.123 e. The second kappa shape index (κ2) is 9.30. The standard InChI is InChI=1S/C13H28N2O2Si/c1-13(16-3)7-8-15(11-14-2)12-17-9-10-18(4,5)6/h7-8,11,13H,9-10,12H2,1-6H3/b8-7+,14-11?. The maximum absolute atomic E-state index is 5.67. The van der Waals surface area contributed by atoms with E-state index in [1.54, 1.807) is 20.5 Å². The fourth-order valence-electron chi connectivity index (χ4n) is 1.12. The van der Waals surface area contributed by atoms with Gasteiger partial charge in [-0.1, -0.05) is 19.6 Å². The Balaban J connectivity index is 4.02. The molecule has 0 aliphatic carbocycles. The molecule has 0 aromatic rings. The minimum absolute atomic E-state index is 0.0970. The third-order valence-electron chi connectivity index (χ3n) is 2.42. The molecule has 0 saturated heterocycles. The molecule has 0 N–H and O–H groups in total. The lowest BCUT2D eigenvalue weighted by molar-refractivity contribution is 0.0941. The van der Waals surface area contributed by atoms with Gasteiger partial charge in [0.2, 0.25) is 0 Å². The van der Waals surface area contributed by atoms with E-state index in [0.717, 1.165) is 6.61 Å². The summed E-state index contributed by atoms with van der Waals surface area (Å²) in [5.41, 5.74) is 0. The van der Waals surface area contributed by atoms with Crippen molar-refractivity contribution in [1.82, 2.24) is 4.90 Å².